The molecule has 0 aromatic heterocycles. The number of alkyl carbamates (subject to hydrolysis) is 1. The third kappa shape index (κ3) is 7.29. The molecule has 0 bridgehead atoms. The molecule has 0 unspecified atom stereocenters. The van der Waals surface area contributed by atoms with Gasteiger partial charge in [-0.2, -0.15) is 5.26 Å². The number of carbonyl (C=O) groups is 2. The van der Waals surface area contributed by atoms with Crippen LogP contribution in [0.5, 0.6) is 0 Å². The Morgan fingerprint density at radius 1 is 1.35 bits per heavy atom. The Morgan fingerprint density at radius 3 is 2.61 bits per heavy atom. The van der Waals surface area contributed by atoms with Gasteiger partial charge in [-0.15, -0.1) is 0 Å². The van der Waals surface area contributed by atoms with Crippen molar-refractivity contribution in [3.05, 3.63) is 35.9 Å². The molecular weight excluding hydrogens is 300 g/mol. The fourth-order valence-corrected chi connectivity index (χ4v) is 1.90. The van der Waals surface area contributed by atoms with Crippen molar-refractivity contribution in [2.45, 2.75) is 38.5 Å². The number of carbonyl (C=O) groups excluding carboxylic acids is 2. The van der Waals surface area contributed by atoms with E-state index in [-0.39, 0.29) is 19.6 Å². The van der Waals surface area contributed by atoms with Crippen molar-refractivity contribution in [2.24, 2.45) is 0 Å². The largest absolute Gasteiger partial charge is 0.459 e. The quantitative estimate of drug-likeness (QED) is 0.703. The molecule has 2 N–H and O–H groups in total. The lowest BCUT2D eigenvalue weighted by atomic mass is 10.1. The lowest BCUT2D eigenvalue weighted by molar-refractivity contribution is -0.147. The van der Waals surface area contributed by atoms with Gasteiger partial charge in [0.2, 0.25) is 0 Å². The molecule has 1 amide bonds. The average Bonchev–Trinajstić information content (AvgIpc) is 2.55. The van der Waals surface area contributed by atoms with Gasteiger partial charge in [-0.05, 0) is 18.4 Å². The van der Waals surface area contributed by atoms with Crippen LogP contribution in [0.2, 0.25) is 0 Å². The molecule has 0 fully saturated rings. The molecule has 0 heterocycles. The zero-order chi connectivity index (χ0) is 17.1. The number of esters is 1. The number of hydrogen-bond acceptors (Lipinski definition) is 6. The third-order valence-electron chi connectivity index (χ3n) is 2.96. The molecule has 0 spiro atoms. The number of ether oxygens (including phenoxy) is 2. The van der Waals surface area contributed by atoms with Crippen LogP contribution in [0.25, 0.3) is 0 Å². The molecule has 0 aliphatic carbocycles. The van der Waals surface area contributed by atoms with Crippen molar-refractivity contribution in [3.63, 3.8) is 0 Å². The highest BCUT2D eigenvalue weighted by Gasteiger charge is 2.26. The number of nitrogens with one attached hydrogen (secondary N) is 1. The fraction of sp³-hybridized carbons (Fsp3) is 0.438. The maximum Gasteiger partial charge on any atom is 0.408 e. The van der Waals surface area contributed by atoms with Gasteiger partial charge in [0, 0.05) is 13.5 Å². The van der Waals surface area contributed by atoms with Crippen molar-refractivity contribution in [2.75, 3.05) is 6.61 Å². The first kappa shape index (κ1) is 18.5. The smallest absolute Gasteiger partial charge is 0.408 e. The predicted molar refractivity (Wildman–Crippen MR) is 81.0 cm³/mol. The molecule has 0 radical (unpaired) electrons. The molecule has 0 saturated carbocycles. The van der Waals surface area contributed by atoms with E-state index in [1.54, 1.807) is 12.1 Å². The summed E-state index contributed by atoms with van der Waals surface area (Å²) in [5.41, 5.74) is 0.813. The Labute approximate surface area is 134 Å². The maximum atomic E-state index is 11.8. The van der Waals surface area contributed by atoms with Gasteiger partial charge >= 0.3 is 12.1 Å². The minimum absolute atomic E-state index is 0.0691. The molecular formula is C16H20N2O5. The summed E-state index contributed by atoms with van der Waals surface area (Å²) in [6.45, 7) is 1.18. The fourth-order valence-electron chi connectivity index (χ4n) is 1.90. The first-order valence-corrected chi connectivity index (χ1v) is 7.21. The third-order valence-corrected chi connectivity index (χ3v) is 2.96. The number of nitriles is 1. The summed E-state index contributed by atoms with van der Waals surface area (Å²) in [6, 6.07) is 9.92. The Morgan fingerprint density at radius 2 is 2.04 bits per heavy atom. The maximum absolute atomic E-state index is 11.8. The van der Waals surface area contributed by atoms with Crippen molar-refractivity contribution in [3.8, 4) is 6.07 Å². The Balaban J connectivity index is 2.55. The van der Waals surface area contributed by atoms with Gasteiger partial charge in [0.05, 0.1) is 6.07 Å². The van der Waals surface area contributed by atoms with E-state index in [1.807, 2.05) is 24.3 Å². The second-order valence-electron chi connectivity index (χ2n) is 4.83. The molecule has 0 aliphatic heterocycles. The number of nitrogens with zero attached hydrogens (tertiary/aromatic N) is 1. The monoisotopic (exact) mass is 320 g/mol. The number of amides is 1. The zero-order valence-corrected chi connectivity index (χ0v) is 12.9. The molecule has 0 aliphatic rings. The van der Waals surface area contributed by atoms with Crippen molar-refractivity contribution in [1.29, 1.82) is 5.26 Å². The van der Waals surface area contributed by atoms with E-state index in [4.69, 9.17) is 19.8 Å². The molecule has 1 rings (SSSR count). The average molecular weight is 320 g/mol. The van der Waals surface area contributed by atoms with Crippen molar-refractivity contribution in [1.82, 2.24) is 5.32 Å². The SMILES string of the molecule is CC(=O)O[C@@H](CCCO)[C@@H](C#N)NC(=O)OCc1ccccc1. The Hall–Kier alpha value is -2.59. The van der Waals surface area contributed by atoms with E-state index in [0.717, 1.165) is 5.56 Å². The summed E-state index contributed by atoms with van der Waals surface area (Å²) in [5, 5.41) is 20.4. The van der Waals surface area contributed by atoms with Crippen LogP contribution < -0.4 is 5.32 Å². The molecule has 7 heteroatoms. The molecule has 7 nitrogen and oxygen atoms in total. The van der Waals surface area contributed by atoms with Gasteiger partial charge in [0.25, 0.3) is 0 Å². The van der Waals surface area contributed by atoms with Crippen LogP contribution in [0.1, 0.15) is 25.3 Å². The topological polar surface area (TPSA) is 109 Å². The van der Waals surface area contributed by atoms with Gasteiger partial charge in [-0.25, -0.2) is 4.79 Å². The first-order valence-electron chi connectivity index (χ1n) is 7.21. The van der Waals surface area contributed by atoms with Crippen molar-refractivity contribution >= 4 is 12.1 Å². The highest BCUT2D eigenvalue weighted by atomic mass is 16.6. The van der Waals surface area contributed by atoms with E-state index in [9.17, 15) is 9.59 Å². The van der Waals surface area contributed by atoms with Crippen LogP contribution in [0.3, 0.4) is 0 Å². The Bertz CT molecular complexity index is 541. The highest BCUT2D eigenvalue weighted by molar-refractivity contribution is 5.69. The molecule has 1 aromatic carbocycles. The van der Waals surface area contributed by atoms with Crippen molar-refractivity contribution < 1.29 is 24.2 Å². The second-order valence-corrected chi connectivity index (χ2v) is 4.83. The molecule has 0 saturated heterocycles. The summed E-state index contributed by atoms with van der Waals surface area (Å²) in [5.74, 6) is -0.562. The van der Waals surface area contributed by atoms with Crippen LogP contribution in [-0.4, -0.2) is 35.9 Å². The lowest BCUT2D eigenvalue weighted by Gasteiger charge is -2.22. The summed E-state index contributed by atoms with van der Waals surface area (Å²) in [6.07, 6.45) is -1.01. The molecule has 124 valence electrons. The van der Waals surface area contributed by atoms with E-state index >= 15 is 0 Å². The van der Waals surface area contributed by atoms with Gasteiger partial charge in [0.1, 0.15) is 12.7 Å². The van der Waals surface area contributed by atoms with Gasteiger partial charge in [-0.3, -0.25) is 4.79 Å². The zero-order valence-electron chi connectivity index (χ0n) is 12.9. The number of aliphatic hydroxyl groups excluding tert-OH is 1. The van der Waals surface area contributed by atoms with Crippen LogP contribution in [0.4, 0.5) is 4.79 Å². The number of aliphatic hydroxyl groups is 1. The summed E-state index contributed by atoms with van der Waals surface area (Å²) < 4.78 is 10.1. The number of hydrogen-bond donors (Lipinski definition) is 2. The molecule has 1 aromatic rings. The van der Waals surface area contributed by atoms with Crippen LogP contribution in [0.15, 0.2) is 30.3 Å². The molecule has 2 atom stereocenters. The summed E-state index contributed by atoms with van der Waals surface area (Å²) >= 11 is 0. The van der Waals surface area contributed by atoms with E-state index in [1.165, 1.54) is 6.92 Å². The van der Waals surface area contributed by atoms with E-state index in [0.29, 0.717) is 6.42 Å². The highest BCUT2D eigenvalue weighted by Crippen LogP contribution is 2.09. The summed E-state index contributed by atoms with van der Waals surface area (Å²) in [7, 11) is 0. The minimum Gasteiger partial charge on any atom is -0.459 e. The van der Waals surface area contributed by atoms with E-state index in [2.05, 4.69) is 5.32 Å². The number of rotatable bonds is 8. The lowest BCUT2D eigenvalue weighted by Crippen LogP contribution is -2.44. The second kappa shape index (κ2) is 10.2. The predicted octanol–water partition coefficient (Wildman–Crippen LogP) is 1.51. The first-order chi connectivity index (χ1) is 11.1. The van der Waals surface area contributed by atoms with Gasteiger partial charge < -0.3 is 19.9 Å². The Kier molecular flexibility index (Phi) is 8.18. The standard InChI is InChI=1S/C16H20N2O5/c1-12(20)23-15(8-5-9-19)14(10-17)18-16(21)22-11-13-6-3-2-4-7-13/h2-4,6-7,14-15,19H,5,8-9,11H2,1H3,(H,18,21)/t14-,15+/m1/s1. The van der Waals surface area contributed by atoms with Gasteiger partial charge in [0.15, 0.2) is 6.04 Å². The van der Waals surface area contributed by atoms with Crippen LogP contribution in [-0.2, 0) is 20.9 Å². The minimum atomic E-state index is -1.05. The van der Waals surface area contributed by atoms with Crippen LogP contribution in [0, 0.1) is 11.3 Å². The summed E-state index contributed by atoms with van der Waals surface area (Å²) in [4.78, 5) is 22.9. The van der Waals surface area contributed by atoms with Crippen LogP contribution >= 0.6 is 0 Å². The van der Waals surface area contributed by atoms with Gasteiger partial charge in [-0.1, -0.05) is 30.3 Å². The van der Waals surface area contributed by atoms with E-state index < -0.39 is 24.2 Å². The molecule has 23 heavy (non-hydrogen) atoms. The normalized spacial score (nSPS) is 12.6. The number of benzene rings is 1.